The molecule has 0 aliphatic carbocycles. The van der Waals surface area contributed by atoms with Gasteiger partial charge in [-0.2, -0.15) is 0 Å². The maximum atomic E-state index is 12.0. The summed E-state index contributed by atoms with van der Waals surface area (Å²) in [5.41, 5.74) is 7.38. The van der Waals surface area contributed by atoms with E-state index in [0.717, 1.165) is 24.1 Å². The number of hydrogen-bond acceptors (Lipinski definition) is 3. The van der Waals surface area contributed by atoms with Crippen molar-refractivity contribution in [2.24, 2.45) is 5.73 Å². The molecule has 3 N–H and O–H groups in total. The Balaban J connectivity index is 2.31. The van der Waals surface area contributed by atoms with Crippen LogP contribution in [-0.2, 0) is 16.0 Å². The summed E-state index contributed by atoms with van der Waals surface area (Å²) in [7, 11) is 0. The lowest BCUT2D eigenvalue weighted by molar-refractivity contribution is -0.138. The minimum atomic E-state index is -1.09. The van der Waals surface area contributed by atoms with E-state index in [2.05, 4.69) is 0 Å². The van der Waals surface area contributed by atoms with Gasteiger partial charge in [0.25, 0.3) is 0 Å². The molecule has 0 bridgehead atoms. The number of para-hydroxylation sites is 1. The molecule has 2 rings (SSSR count). The van der Waals surface area contributed by atoms with Crippen molar-refractivity contribution in [2.75, 3.05) is 11.4 Å². The van der Waals surface area contributed by atoms with E-state index in [-0.39, 0.29) is 12.5 Å². The Kier molecular flexibility index (Phi) is 3.62. The predicted molar refractivity (Wildman–Crippen MR) is 67.3 cm³/mol. The van der Waals surface area contributed by atoms with Crippen molar-refractivity contribution in [2.45, 2.75) is 25.3 Å². The molecule has 0 fully saturated rings. The van der Waals surface area contributed by atoms with Gasteiger partial charge in [0.15, 0.2) is 0 Å². The first-order valence-corrected chi connectivity index (χ1v) is 5.96. The van der Waals surface area contributed by atoms with Gasteiger partial charge in [-0.15, -0.1) is 0 Å². The number of fused-ring (bicyclic) bond motifs is 1. The van der Waals surface area contributed by atoms with E-state index in [1.54, 1.807) is 0 Å². The third-order valence-electron chi connectivity index (χ3n) is 3.12. The van der Waals surface area contributed by atoms with Gasteiger partial charge in [0.1, 0.15) is 6.04 Å². The Labute approximate surface area is 105 Å². The molecular weight excluding hydrogens is 232 g/mol. The number of amides is 1. The second-order valence-corrected chi connectivity index (χ2v) is 4.43. The topological polar surface area (TPSA) is 83.6 Å². The molecule has 0 saturated carbocycles. The highest BCUT2D eigenvalue weighted by Crippen LogP contribution is 2.26. The monoisotopic (exact) mass is 248 g/mol. The van der Waals surface area contributed by atoms with Crippen molar-refractivity contribution >= 4 is 17.6 Å². The van der Waals surface area contributed by atoms with Crippen molar-refractivity contribution in [1.82, 2.24) is 0 Å². The van der Waals surface area contributed by atoms with Crippen molar-refractivity contribution in [3.8, 4) is 0 Å². The van der Waals surface area contributed by atoms with Crippen LogP contribution in [-0.4, -0.2) is 29.6 Å². The summed E-state index contributed by atoms with van der Waals surface area (Å²) < 4.78 is 0. The highest BCUT2D eigenvalue weighted by molar-refractivity contribution is 5.95. The molecule has 0 saturated heterocycles. The molecular formula is C13H16N2O3. The second kappa shape index (κ2) is 5.18. The van der Waals surface area contributed by atoms with Gasteiger partial charge in [-0.1, -0.05) is 18.2 Å². The predicted octanol–water partition coefficient (Wildman–Crippen LogP) is 0.768. The molecule has 1 aromatic rings. The average Bonchev–Trinajstić information content (AvgIpc) is 2.50. The van der Waals surface area contributed by atoms with E-state index < -0.39 is 12.0 Å². The number of aliphatic carboxylic acids is 1. The molecule has 5 heteroatoms. The van der Waals surface area contributed by atoms with Crippen LogP contribution in [0.15, 0.2) is 24.3 Å². The van der Waals surface area contributed by atoms with Gasteiger partial charge in [-0.3, -0.25) is 9.59 Å². The minimum absolute atomic E-state index is 0.0190. The van der Waals surface area contributed by atoms with Crippen molar-refractivity contribution in [1.29, 1.82) is 0 Å². The van der Waals surface area contributed by atoms with Crippen LogP contribution in [0.25, 0.3) is 0 Å². The lowest BCUT2D eigenvalue weighted by Crippen LogP contribution is -2.45. The molecule has 1 heterocycles. The fourth-order valence-electron chi connectivity index (χ4n) is 2.16. The summed E-state index contributed by atoms with van der Waals surface area (Å²) in [5.74, 6) is -1.15. The fraction of sp³-hybridized carbons (Fsp3) is 0.385. The first-order valence-electron chi connectivity index (χ1n) is 5.96. The van der Waals surface area contributed by atoms with E-state index in [0.29, 0.717) is 6.42 Å². The summed E-state index contributed by atoms with van der Waals surface area (Å²) in [6, 6.07) is 6.51. The molecule has 1 aliphatic rings. The van der Waals surface area contributed by atoms with Crippen LogP contribution in [0.5, 0.6) is 0 Å². The van der Waals surface area contributed by atoms with Gasteiger partial charge in [0.2, 0.25) is 5.91 Å². The van der Waals surface area contributed by atoms with Crippen LogP contribution in [0.2, 0.25) is 0 Å². The number of carbonyl (C=O) groups excluding carboxylic acids is 1. The zero-order valence-electron chi connectivity index (χ0n) is 10.0. The highest BCUT2D eigenvalue weighted by atomic mass is 16.4. The SMILES string of the molecule is NC(CN1C(=O)CCCc2ccccc21)C(=O)O. The fourth-order valence-corrected chi connectivity index (χ4v) is 2.16. The zero-order chi connectivity index (χ0) is 13.1. The number of anilines is 1. The van der Waals surface area contributed by atoms with E-state index in [9.17, 15) is 9.59 Å². The number of nitrogens with zero attached hydrogens (tertiary/aromatic N) is 1. The first kappa shape index (κ1) is 12.6. The number of benzene rings is 1. The van der Waals surface area contributed by atoms with Crippen LogP contribution in [0.4, 0.5) is 5.69 Å². The summed E-state index contributed by atoms with van der Waals surface area (Å²) >= 11 is 0. The van der Waals surface area contributed by atoms with Crippen molar-refractivity contribution in [3.63, 3.8) is 0 Å². The van der Waals surface area contributed by atoms with Crippen LogP contribution in [0.1, 0.15) is 18.4 Å². The van der Waals surface area contributed by atoms with Crippen LogP contribution in [0, 0.1) is 0 Å². The van der Waals surface area contributed by atoms with E-state index in [1.165, 1.54) is 4.90 Å². The first-order chi connectivity index (χ1) is 8.59. The molecule has 1 unspecified atom stereocenters. The number of carboxylic acids is 1. The van der Waals surface area contributed by atoms with E-state index in [4.69, 9.17) is 10.8 Å². The quantitative estimate of drug-likeness (QED) is 0.827. The third-order valence-corrected chi connectivity index (χ3v) is 3.12. The molecule has 1 aliphatic heterocycles. The van der Waals surface area contributed by atoms with Gasteiger partial charge in [-0.05, 0) is 24.5 Å². The Hall–Kier alpha value is -1.88. The zero-order valence-corrected chi connectivity index (χ0v) is 10.0. The van der Waals surface area contributed by atoms with E-state index in [1.807, 2.05) is 24.3 Å². The van der Waals surface area contributed by atoms with Crippen LogP contribution < -0.4 is 10.6 Å². The smallest absolute Gasteiger partial charge is 0.322 e. The average molecular weight is 248 g/mol. The molecule has 0 spiro atoms. The van der Waals surface area contributed by atoms with Crippen molar-refractivity contribution in [3.05, 3.63) is 29.8 Å². The maximum absolute atomic E-state index is 12.0. The minimum Gasteiger partial charge on any atom is -0.480 e. The summed E-state index contributed by atoms with van der Waals surface area (Å²) in [6.07, 6.45) is 2.05. The standard InChI is InChI=1S/C13H16N2O3/c14-10(13(17)18)8-15-11-6-2-1-4-9(11)5-3-7-12(15)16/h1-2,4,6,10H,3,5,7-8,14H2,(H,17,18). The van der Waals surface area contributed by atoms with Crippen LogP contribution >= 0.6 is 0 Å². The number of carbonyl (C=O) groups is 2. The summed E-state index contributed by atoms with van der Waals surface area (Å²) in [6.45, 7) is 0.0190. The highest BCUT2D eigenvalue weighted by Gasteiger charge is 2.25. The number of hydrogen-bond donors (Lipinski definition) is 2. The van der Waals surface area contributed by atoms with Gasteiger partial charge in [0.05, 0.1) is 6.54 Å². The van der Waals surface area contributed by atoms with Gasteiger partial charge < -0.3 is 15.7 Å². The molecule has 1 aromatic carbocycles. The maximum Gasteiger partial charge on any atom is 0.322 e. The van der Waals surface area contributed by atoms with Gasteiger partial charge in [0, 0.05) is 12.1 Å². The lowest BCUT2D eigenvalue weighted by atomic mass is 10.1. The van der Waals surface area contributed by atoms with E-state index >= 15 is 0 Å². The molecule has 0 aromatic heterocycles. The van der Waals surface area contributed by atoms with Gasteiger partial charge >= 0.3 is 5.97 Å². The third kappa shape index (κ3) is 2.51. The number of nitrogens with two attached hydrogens (primary N) is 1. The normalized spacial score (nSPS) is 16.9. The largest absolute Gasteiger partial charge is 0.480 e. The summed E-state index contributed by atoms with van der Waals surface area (Å²) in [4.78, 5) is 24.3. The Morgan fingerprint density at radius 1 is 1.39 bits per heavy atom. The lowest BCUT2D eigenvalue weighted by Gasteiger charge is -2.24. The Bertz CT molecular complexity index is 473. The van der Waals surface area contributed by atoms with Crippen molar-refractivity contribution < 1.29 is 14.7 Å². The number of rotatable bonds is 3. The van der Waals surface area contributed by atoms with Crippen LogP contribution in [0.3, 0.4) is 0 Å². The van der Waals surface area contributed by atoms with Gasteiger partial charge in [-0.25, -0.2) is 0 Å². The number of carboxylic acid groups (broad SMARTS) is 1. The Morgan fingerprint density at radius 2 is 2.11 bits per heavy atom. The molecule has 0 radical (unpaired) electrons. The second-order valence-electron chi connectivity index (χ2n) is 4.43. The molecule has 1 atom stereocenters. The molecule has 96 valence electrons. The molecule has 1 amide bonds. The molecule has 5 nitrogen and oxygen atoms in total. The molecule has 18 heavy (non-hydrogen) atoms. The Morgan fingerprint density at radius 3 is 2.83 bits per heavy atom. The summed E-state index contributed by atoms with van der Waals surface area (Å²) in [5, 5.41) is 8.85. The number of aryl methyl sites for hydroxylation is 1.